The second kappa shape index (κ2) is 7.52. The van der Waals surface area contributed by atoms with Gasteiger partial charge in [0.15, 0.2) is 0 Å². The molecule has 1 saturated heterocycles. The van der Waals surface area contributed by atoms with E-state index in [1.54, 1.807) is 12.1 Å². The minimum atomic E-state index is -0.160. The van der Waals surface area contributed by atoms with Crippen LogP contribution in [0.5, 0.6) is 0 Å². The zero-order valence-corrected chi connectivity index (χ0v) is 11.3. The lowest BCUT2D eigenvalue weighted by Gasteiger charge is -2.34. The number of benzene rings is 1. The van der Waals surface area contributed by atoms with Gasteiger partial charge in [-0.05, 0) is 24.1 Å². The number of piperazine rings is 1. The molecule has 0 amide bonds. The van der Waals surface area contributed by atoms with E-state index in [1.807, 2.05) is 12.1 Å². The van der Waals surface area contributed by atoms with E-state index in [2.05, 4.69) is 16.8 Å². The van der Waals surface area contributed by atoms with Crippen LogP contribution in [0.4, 0.5) is 4.39 Å². The molecule has 2 rings (SSSR count). The van der Waals surface area contributed by atoms with Gasteiger partial charge in [-0.3, -0.25) is 4.90 Å². The van der Waals surface area contributed by atoms with Gasteiger partial charge in [0.25, 0.3) is 0 Å². The predicted molar refractivity (Wildman–Crippen MR) is 75.6 cm³/mol. The molecule has 0 aromatic heterocycles. The van der Waals surface area contributed by atoms with E-state index in [0.717, 1.165) is 38.2 Å². The van der Waals surface area contributed by atoms with Crippen LogP contribution in [0.25, 0.3) is 0 Å². The smallest absolute Gasteiger partial charge is 0.123 e. The number of hydrogen-bond donors (Lipinski definition) is 1. The molecule has 1 N–H and O–H groups in total. The average molecular weight is 271 g/mol. The molecule has 1 aliphatic heterocycles. The molecule has 18 heavy (non-hydrogen) atoms. The zero-order chi connectivity index (χ0) is 12.1. The SMILES string of the molecule is C=CC[C@H](c1cccc(F)c1)N1CCNCC1.Cl. The summed E-state index contributed by atoms with van der Waals surface area (Å²) in [4.78, 5) is 2.40. The molecule has 0 radical (unpaired) electrons. The van der Waals surface area contributed by atoms with Crippen molar-refractivity contribution < 1.29 is 4.39 Å². The fraction of sp³-hybridized carbons (Fsp3) is 0.429. The summed E-state index contributed by atoms with van der Waals surface area (Å²) in [5.74, 6) is -0.160. The van der Waals surface area contributed by atoms with Crippen LogP contribution in [0.2, 0.25) is 0 Å². The second-order valence-electron chi connectivity index (χ2n) is 4.38. The lowest BCUT2D eigenvalue weighted by Crippen LogP contribution is -2.45. The lowest BCUT2D eigenvalue weighted by molar-refractivity contribution is 0.174. The Hall–Kier alpha value is -0.900. The molecule has 2 nitrogen and oxygen atoms in total. The molecule has 1 heterocycles. The van der Waals surface area contributed by atoms with Gasteiger partial charge in [-0.2, -0.15) is 0 Å². The Morgan fingerprint density at radius 3 is 2.72 bits per heavy atom. The monoisotopic (exact) mass is 270 g/mol. The highest BCUT2D eigenvalue weighted by Crippen LogP contribution is 2.25. The first kappa shape index (κ1) is 15.2. The topological polar surface area (TPSA) is 15.3 Å². The molecule has 1 aromatic carbocycles. The van der Waals surface area contributed by atoms with Crippen molar-refractivity contribution in [3.05, 3.63) is 48.3 Å². The molecule has 0 saturated carbocycles. The Balaban J connectivity index is 0.00000162. The van der Waals surface area contributed by atoms with Crippen molar-refractivity contribution in [3.63, 3.8) is 0 Å². The molecule has 0 bridgehead atoms. The third-order valence-electron chi connectivity index (χ3n) is 3.22. The van der Waals surface area contributed by atoms with Gasteiger partial charge in [-0.1, -0.05) is 18.2 Å². The van der Waals surface area contributed by atoms with Gasteiger partial charge < -0.3 is 5.32 Å². The van der Waals surface area contributed by atoms with Gasteiger partial charge >= 0.3 is 0 Å². The van der Waals surface area contributed by atoms with Gasteiger partial charge in [0.1, 0.15) is 5.82 Å². The Bertz CT molecular complexity index is 378. The van der Waals surface area contributed by atoms with Crippen molar-refractivity contribution in [2.75, 3.05) is 26.2 Å². The number of rotatable bonds is 4. The van der Waals surface area contributed by atoms with Crippen molar-refractivity contribution in [2.45, 2.75) is 12.5 Å². The first-order valence-electron chi connectivity index (χ1n) is 6.12. The Morgan fingerprint density at radius 2 is 2.11 bits per heavy atom. The Labute approximate surface area is 114 Å². The van der Waals surface area contributed by atoms with E-state index in [9.17, 15) is 4.39 Å². The zero-order valence-electron chi connectivity index (χ0n) is 10.4. The van der Waals surface area contributed by atoms with E-state index in [4.69, 9.17) is 0 Å². The first-order valence-corrected chi connectivity index (χ1v) is 6.12. The molecule has 0 unspecified atom stereocenters. The van der Waals surface area contributed by atoms with Gasteiger partial charge in [0.2, 0.25) is 0 Å². The van der Waals surface area contributed by atoms with Crippen molar-refractivity contribution in [3.8, 4) is 0 Å². The summed E-state index contributed by atoms with van der Waals surface area (Å²) in [5.41, 5.74) is 1.05. The highest BCUT2D eigenvalue weighted by Gasteiger charge is 2.21. The maximum absolute atomic E-state index is 13.3. The third-order valence-corrected chi connectivity index (χ3v) is 3.22. The second-order valence-corrected chi connectivity index (χ2v) is 4.38. The van der Waals surface area contributed by atoms with Crippen LogP contribution in [0, 0.1) is 5.82 Å². The maximum atomic E-state index is 13.3. The van der Waals surface area contributed by atoms with Gasteiger partial charge in [0.05, 0.1) is 0 Å². The highest BCUT2D eigenvalue weighted by atomic mass is 35.5. The number of nitrogens with one attached hydrogen (secondary N) is 1. The molecule has 1 aliphatic rings. The van der Waals surface area contributed by atoms with E-state index in [-0.39, 0.29) is 24.3 Å². The number of nitrogens with zero attached hydrogens (tertiary/aromatic N) is 1. The molecule has 1 atom stereocenters. The standard InChI is InChI=1S/C14H19FN2.ClH/c1-2-4-14(17-9-7-16-8-10-17)12-5-3-6-13(15)11-12;/h2-3,5-6,11,14,16H,1,4,7-10H2;1H/t14-;/m1./s1. The summed E-state index contributed by atoms with van der Waals surface area (Å²) < 4.78 is 13.3. The lowest BCUT2D eigenvalue weighted by atomic mass is 10.0. The highest BCUT2D eigenvalue weighted by molar-refractivity contribution is 5.85. The first-order chi connectivity index (χ1) is 8.31. The Kier molecular flexibility index (Phi) is 6.33. The molecule has 0 spiro atoms. The predicted octanol–water partition coefficient (Wildman–Crippen LogP) is 2.77. The van der Waals surface area contributed by atoms with Gasteiger partial charge in [-0.25, -0.2) is 4.39 Å². The third kappa shape index (κ3) is 3.80. The van der Waals surface area contributed by atoms with Crippen molar-refractivity contribution >= 4 is 12.4 Å². The molecule has 0 aliphatic carbocycles. The van der Waals surface area contributed by atoms with Crippen molar-refractivity contribution in [1.82, 2.24) is 10.2 Å². The molecule has 4 heteroatoms. The summed E-state index contributed by atoms with van der Waals surface area (Å²) in [6, 6.07) is 7.16. The van der Waals surface area contributed by atoms with Crippen LogP contribution >= 0.6 is 12.4 Å². The maximum Gasteiger partial charge on any atom is 0.123 e. The molecular weight excluding hydrogens is 251 g/mol. The number of halogens is 2. The summed E-state index contributed by atoms with van der Waals surface area (Å²) in [7, 11) is 0. The normalized spacial score (nSPS) is 17.8. The summed E-state index contributed by atoms with van der Waals surface area (Å²) in [6.45, 7) is 7.83. The van der Waals surface area contributed by atoms with E-state index < -0.39 is 0 Å². The van der Waals surface area contributed by atoms with Crippen molar-refractivity contribution in [1.29, 1.82) is 0 Å². The van der Waals surface area contributed by atoms with Crippen LogP contribution in [0.1, 0.15) is 18.0 Å². The minimum absolute atomic E-state index is 0. The van der Waals surface area contributed by atoms with Crippen LogP contribution in [-0.2, 0) is 0 Å². The summed E-state index contributed by atoms with van der Waals surface area (Å²) >= 11 is 0. The number of hydrogen-bond acceptors (Lipinski definition) is 2. The van der Waals surface area contributed by atoms with Crippen molar-refractivity contribution in [2.24, 2.45) is 0 Å². The van der Waals surface area contributed by atoms with Crippen LogP contribution in [0.3, 0.4) is 0 Å². The van der Waals surface area contributed by atoms with Crippen LogP contribution < -0.4 is 5.32 Å². The molecule has 1 fully saturated rings. The quantitative estimate of drug-likeness (QED) is 0.847. The summed E-state index contributed by atoms with van der Waals surface area (Å²) in [5, 5.41) is 3.33. The average Bonchev–Trinajstić information content (AvgIpc) is 2.37. The molecular formula is C14H20ClFN2. The minimum Gasteiger partial charge on any atom is -0.314 e. The van der Waals surface area contributed by atoms with Crippen LogP contribution in [-0.4, -0.2) is 31.1 Å². The van der Waals surface area contributed by atoms with E-state index in [1.165, 1.54) is 6.07 Å². The van der Waals surface area contributed by atoms with Gasteiger partial charge in [0, 0.05) is 32.2 Å². The fourth-order valence-corrected chi connectivity index (χ4v) is 2.36. The molecule has 100 valence electrons. The fourth-order valence-electron chi connectivity index (χ4n) is 2.36. The summed E-state index contributed by atoms with van der Waals surface area (Å²) in [6.07, 6.45) is 2.78. The van der Waals surface area contributed by atoms with Gasteiger partial charge in [-0.15, -0.1) is 19.0 Å². The van der Waals surface area contributed by atoms with Crippen LogP contribution in [0.15, 0.2) is 36.9 Å². The molecule has 1 aromatic rings. The largest absolute Gasteiger partial charge is 0.314 e. The Morgan fingerprint density at radius 1 is 1.39 bits per heavy atom. The van der Waals surface area contributed by atoms with E-state index in [0.29, 0.717) is 0 Å². The van der Waals surface area contributed by atoms with E-state index >= 15 is 0 Å².